The lowest BCUT2D eigenvalue weighted by molar-refractivity contribution is -0.127. The van der Waals surface area contributed by atoms with Crippen molar-refractivity contribution < 1.29 is 19.2 Å². The topological polar surface area (TPSA) is 117 Å². The van der Waals surface area contributed by atoms with Crippen molar-refractivity contribution in [2.45, 2.75) is 38.6 Å². The molecule has 0 aliphatic rings. The van der Waals surface area contributed by atoms with Crippen LogP contribution in [0.25, 0.3) is 21.3 Å². The van der Waals surface area contributed by atoms with Crippen LogP contribution in [0.4, 0.5) is 0 Å². The molecule has 0 bridgehead atoms. The van der Waals surface area contributed by atoms with Crippen molar-refractivity contribution in [1.82, 2.24) is 20.9 Å². The normalized spacial score (nSPS) is 11.5. The van der Waals surface area contributed by atoms with Crippen molar-refractivity contribution >= 4 is 44.9 Å². The van der Waals surface area contributed by atoms with Gasteiger partial charge in [0.05, 0.1) is 25.2 Å². The van der Waals surface area contributed by atoms with E-state index in [-0.39, 0.29) is 37.1 Å². The largest absolute Gasteiger partial charge is 0.349 e. The average Bonchev–Trinajstić information content (AvgIpc) is 3.45. The van der Waals surface area contributed by atoms with Gasteiger partial charge >= 0.3 is 0 Å². The van der Waals surface area contributed by atoms with Crippen LogP contribution in [0.15, 0.2) is 78.3 Å². The van der Waals surface area contributed by atoms with Crippen molar-refractivity contribution in [2.75, 3.05) is 13.1 Å². The summed E-state index contributed by atoms with van der Waals surface area (Å²) in [7, 11) is 0. The van der Waals surface area contributed by atoms with Crippen LogP contribution in [0.2, 0.25) is 0 Å². The van der Waals surface area contributed by atoms with Crippen LogP contribution in [0, 0.1) is 0 Å². The van der Waals surface area contributed by atoms with Crippen molar-refractivity contribution in [3.05, 3.63) is 89.4 Å². The van der Waals surface area contributed by atoms with E-state index in [0.29, 0.717) is 12.0 Å². The SMILES string of the molecule is CCCC[C@H](NC(=O)c1ccc2sccc2c1)C(=O)NCC(=O)CNC(=O)Cc1cccc(-c2ccccn2)c1. The first kappa shape index (κ1) is 28.6. The zero-order valence-corrected chi connectivity index (χ0v) is 23.1. The lowest BCUT2D eigenvalue weighted by Gasteiger charge is -2.18. The number of pyridine rings is 1. The van der Waals surface area contributed by atoms with Crippen molar-refractivity contribution in [3.8, 4) is 11.3 Å². The minimum atomic E-state index is -0.764. The van der Waals surface area contributed by atoms with Gasteiger partial charge in [0, 0.05) is 22.0 Å². The highest BCUT2D eigenvalue weighted by atomic mass is 32.1. The van der Waals surface area contributed by atoms with Crippen molar-refractivity contribution in [3.63, 3.8) is 0 Å². The monoisotopic (exact) mass is 556 g/mol. The van der Waals surface area contributed by atoms with Crippen LogP contribution < -0.4 is 16.0 Å². The number of amides is 3. The molecule has 206 valence electrons. The second-order valence-electron chi connectivity index (χ2n) is 9.47. The van der Waals surface area contributed by atoms with Crippen molar-refractivity contribution in [1.29, 1.82) is 0 Å². The number of rotatable bonds is 13. The molecule has 0 aliphatic heterocycles. The molecule has 40 heavy (non-hydrogen) atoms. The number of aromatic nitrogens is 1. The molecule has 9 heteroatoms. The van der Waals surface area contributed by atoms with Gasteiger partial charge in [0.1, 0.15) is 6.04 Å². The van der Waals surface area contributed by atoms with Crippen LogP contribution in [0.5, 0.6) is 0 Å². The fraction of sp³-hybridized carbons (Fsp3) is 0.258. The van der Waals surface area contributed by atoms with Gasteiger partial charge in [0.2, 0.25) is 11.8 Å². The van der Waals surface area contributed by atoms with E-state index in [2.05, 4.69) is 20.9 Å². The molecule has 0 spiro atoms. The maximum atomic E-state index is 12.9. The Morgan fingerprint density at radius 3 is 2.58 bits per heavy atom. The molecule has 0 unspecified atom stereocenters. The third-order valence-electron chi connectivity index (χ3n) is 6.38. The molecular weight excluding hydrogens is 524 g/mol. The number of carbonyl (C=O) groups is 4. The van der Waals surface area contributed by atoms with E-state index in [1.807, 2.05) is 66.9 Å². The third-order valence-corrected chi connectivity index (χ3v) is 7.28. The molecule has 0 saturated carbocycles. The number of hydrogen-bond acceptors (Lipinski definition) is 6. The quantitative estimate of drug-likeness (QED) is 0.227. The number of hydrogen-bond donors (Lipinski definition) is 3. The zero-order chi connectivity index (χ0) is 28.3. The Balaban J connectivity index is 1.24. The summed E-state index contributed by atoms with van der Waals surface area (Å²) in [6.45, 7) is 1.56. The van der Waals surface area contributed by atoms with Crippen LogP contribution in [0.3, 0.4) is 0 Å². The van der Waals surface area contributed by atoms with E-state index in [4.69, 9.17) is 0 Å². The average molecular weight is 557 g/mol. The van der Waals surface area contributed by atoms with E-state index in [1.165, 1.54) is 0 Å². The number of unbranched alkanes of at least 4 members (excludes halogenated alkanes) is 1. The van der Waals surface area contributed by atoms with Gasteiger partial charge < -0.3 is 16.0 Å². The highest BCUT2D eigenvalue weighted by Crippen LogP contribution is 2.22. The van der Waals surface area contributed by atoms with E-state index in [0.717, 1.165) is 39.7 Å². The Kier molecular flexibility index (Phi) is 10.1. The van der Waals surface area contributed by atoms with Crippen LogP contribution in [-0.2, 0) is 20.8 Å². The van der Waals surface area contributed by atoms with E-state index in [9.17, 15) is 19.2 Å². The highest BCUT2D eigenvalue weighted by Gasteiger charge is 2.22. The molecule has 0 aliphatic carbocycles. The molecule has 4 aromatic rings. The predicted molar refractivity (Wildman–Crippen MR) is 157 cm³/mol. The number of carbonyl (C=O) groups excluding carboxylic acids is 4. The Morgan fingerprint density at radius 2 is 1.77 bits per heavy atom. The first-order valence-corrected chi connectivity index (χ1v) is 14.2. The minimum Gasteiger partial charge on any atom is -0.349 e. The van der Waals surface area contributed by atoms with E-state index >= 15 is 0 Å². The van der Waals surface area contributed by atoms with Crippen LogP contribution in [-0.4, -0.2) is 47.6 Å². The number of thiophene rings is 1. The smallest absolute Gasteiger partial charge is 0.251 e. The molecule has 2 aromatic heterocycles. The number of Topliss-reactive ketones (excluding diaryl/α,β-unsaturated/α-hetero) is 1. The fourth-order valence-electron chi connectivity index (χ4n) is 4.22. The second-order valence-corrected chi connectivity index (χ2v) is 10.4. The molecule has 2 heterocycles. The molecule has 1 atom stereocenters. The maximum absolute atomic E-state index is 12.9. The highest BCUT2D eigenvalue weighted by molar-refractivity contribution is 7.17. The molecular formula is C31H32N4O4S. The minimum absolute atomic E-state index is 0.114. The summed E-state index contributed by atoms with van der Waals surface area (Å²) in [5.41, 5.74) is 2.99. The summed E-state index contributed by atoms with van der Waals surface area (Å²) in [4.78, 5) is 54.9. The predicted octanol–water partition coefficient (Wildman–Crippen LogP) is 4.30. The van der Waals surface area contributed by atoms with Gasteiger partial charge in [-0.1, -0.05) is 44.0 Å². The summed E-state index contributed by atoms with van der Waals surface area (Å²) in [5, 5.41) is 11.0. The van der Waals surface area contributed by atoms with E-state index in [1.54, 1.807) is 29.7 Å². The molecule has 3 N–H and O–H groups in total. The molecule has 8 nitrogen and oxygen atoms in total. The van der Waals surface area contributed by atoms with Gasteiger partial charge in [-0.3, -0.25) is 24.2 Å². The first-order chi connectivity index (χ1) is 19.4. The Labute approximate surface area is 237 Å². The Morgan fingerprint density at radius 1 is 0.925 bits per heavy atom. The number of fused-ring (bicyclic) bond motifs is 1. The Hall–Kier alpha value is -4.37. The van der Waals surface area contributed by atoms with Gasteiger partial charge in [-0.25, -0.2) is 0 Å². The van der Waals surface area contributed by atoms with Gasteiger partial charge in [0.15, 0.2) is 5.78 Å². The lowest BCUT2D eigenvalue weighted by atomic mass is 10.1. The van der Waals surface area contributed by atoms with Gasteiger partial charge in [-0.05, 0) is 65.2 Å². The number of ketones is 1. The van der Waals surface area contributed by atoms with Gasteiger partial charge in [-0.2, -0.15) is 0 Å². The lowest BCUT2D eigenvalue weighted by Crippen LogP contribution is -2.48. The fourth-order valence-corrected chi connectivity index (χ4v) is 4.99. The summed E-state index contributed by atoms with van der Waals surface area (Å²) < 4.78 is 1.08. The standard InChI is InChI=1S/C31H32N4O4S/c1-2-3-9-27(35-30(38)24-11-12-28-23(18-24)13-15-40-28)31(39)34-20-25(36)19-33-29(37)17-21-7-6-8-22(16-21)26-10-4-5-14-32-26/h4-8,10-16,18,27H,2-3,9,17,19-20H2,1H3,(H,33,37)(H,34,39)(H,35,38)/t27-/m0/s1. The van der Waals surface area contributed by atoms with Gasteiger partial charge in [-0.15, -0.1) is 11.3 Å². The van der Waals surface area contributed by atoms with E-state index < -0.39 is 11.9 Å². The summed E-state index contributed by atoms with van der Waals surface area (Å²) in [5.74, 6) is -1.40. The molecule has 0 fully saturated rings. The Bertz CT molecular complexity index is 1480. The molecule has 2 aromatic carbocycles. The molecule has 4 rings (SSSR count). The number of nitrogens with one attached hydrogen (secondary N) is 3. The summed E-state index contributed by atoms with van der Waals surface area (Å²) >= 11 is 1.60. The third kappa shape index (κ3) is 8.07. The molecule has 0 saturated heterocycles. The number of benzene rings is 2. The summed E-state index contributed by atoms with van der Waals surface area (Å²) in [6, 6.07) is 19.8. The maximum Gasteiger partial charge on any atom is 0.251 e. The van der Waals surface area contributed by atoms with Crippen LogP contribution >= 0.6 is 11.3 Å². The van der Waals surface area contributed by atoms with Crippen LogP contribution in [0.1, 0.15) is 42.1 Å². The zero-order valence-electron chi connectivity index (χ0n) is 22.3. The second kappa shape index (κ2) is 14.1. The number of nitrogens with zero attached hydrogens (tertiary/aromatic N) is 1. The van der Waals surface area contributed by atoms with Gasteiger partial charge in [0.25, 0.3) is 5.91 Å². The molecule has 0 radical (unpaired) electrons. The first-order valence-electron chi connectivity index (χ1n) is 13.3. The summed E-state index contributed by atoms with van der Waals surface area (Å²) in [6.07, 6.45) is 3.88. The molecule has 3 amide bonds. The van der Waals surface area contributed by atoms with Crippen molar-refractivity contribution in [2.24, 2.45) is 0 Å².